The molecule has 2 unspecified atom stereocenters. The number of thioether (sulfide) groups is 1. The van der Waals surface area contributed by atoms with Crippen LogP contribution in [0.4, 0.5) is 13.2 Å². The third kappa shape index (κ3) is 2.67. The zero-order chi connectivity index (χ0) is 13.3. The molecule has 0 aromatic heterocycles. The van der Waals surface area contributed by atoms with Gasteiger partial charge in [0.15, 0.2) is 0 Å². The summed E-state index contributed by atoms with van der Waals surface area (Å²) in [7, 11) is 1.56. The molecule has 2 atom stereocenters. The second-order valence-corrected chi connectivity index (χ2v) is 5.70. The summed E-state index contributed by atoms with van der Waals surface area (Å²) in [6.45, 7) is 1.57. The average molecular weight is 275 g/mol. The lowest BCUT2D eigenvalue weighted by Gasteiger charge is -2.27. The highest BCUT2D eigenvalue weighted by molar-refractivity contribution is 7.99. The Hall–Kier alpha value is -0.680. The first kappa shape index (κ1) is 13.7. The Kier molecular flexibility index (Phi) is 3.92. The molecule has 1 nitrogen and oxygen atoms in total. The SMILES string of the molecule is CNC(C)C(c1ccc2c(c1)CCS2)C(F)(F)F. The standard InChI is InChI=1S/C13H16F3NS/c1-8(17-2)12(13(14,15)16)10-3-4-11-9(7-10)5-6-18-11/h3-4,7-8,12,17H,5-6H2,1-2H3. The molecule has 1 N–H and O–H groups in total. The van der Waals surface area contributed by atoms with Gasteiger partial charge in [-0.3, -0.25) is 0 Å². The van der Waals surface area contributed by atoms with Crippen molar-refractivity contribution in [2.24, 2.45) is 0 Å². The Bertz CT molecular complexity index is 431. The fraction of sp³-hybridized carbons (Fsp3) is 0.538. The number of nitrogens with one attached hydrogen (secondary N) is 1. The van der Waals surface area contributed by atoms with Gasteiger partial charge in [0.2, 0.25) is 0 Å². The maximum Gasteiger partial charge on any atom is 0.397 e. The van der Waals surface area contributed by atoms with Gasteiger partial charge < -0.3 is 5.32 Å². The fourth-order valence-electron chi connectivity index (χ4n) is 2.33. The van der Waals surface area contributed by atoms with Crippen molar-refractivity contribution >= 4 is 11.8 Å². The number of fused-ring (bicyclic) bond motifs is 1. The quantitative estimate of drug-likeness (QED) is 0.904. The van der Waals surface area contributed by atoms with Crippen LogP contribution in [0.2, 0.25) is 0 Å². The molecule has 1 aliphatic rings. The van der Waals surface area contributed by atoms with Crippen LogP contribution in [0.1, 0.15) is 24.0 Å². The molecule has 0 radical (unpaired) electrons. The van der Waals surface area contributed by atoms with E-state index in [4.69, 9.17) is 0 Å². The monoisotopic (exact) mass is 275 g/mol. The van der Waals surface area contributed by atoms with Crippen molar-refractivity contribution in [1.29, 1.82) is 0 Å². The Morgan fingerprint density at radius 3 is 2.67 bits per heavy atom. The van der Waals surface area contributed by atoms with Gasteiger partial charge in [-0.1, -0.05) is 12.1 Å². The van der Waals surface area contributed by atoms with E-state index < -0.39 is 18.1 Å². The van der Waals surface area contributed by atoms with E-state index in [2.05, 4.69) is 5.32 Å². The molecule has 0 saturated heterocycles. The number of alkyl halides is 3. The number of hydrogen-bond acceptors (Lipinski definition) is 2. The lowest BCUT2D eigenvalue weighted by atomic mass is 9.90. The van der Waals surface area contributed by atoms with E-state index in [0.29, 0.717) is 5.56 Å². The molecule has 1 aromatic carbocycles. The molecule has 0 fully saturated rings. The topological polar surface area (TPSA) is 12.0 Å². The van der Waals surface area contributed by atoms with Crippen molar-refractivity contribution in [2.45, 2.75) is 36.4 Å². The van der Waals surface area contributed by atoms with Crippen molar-refractivity contribution in [3.8, 4) is 0 Å². The van der Waals surface area contributed by atoms with Crippen molar-refractivity contribution < 1.29 is 13.2 Å². The molecule has 100 valence electrons. The second-order valence-electron chi connectivity index (χ2n) is 4.56. The molecular formula is C13H16F3NS. The first-order valence-electron chi connectivity index (χ1n) is 5.93. The minimum atomic E-state index is -4.22. The highest BCUT2D eigenvalue weighted by Crippen LogP contribution is 2.40. The molecule has 18 heavy (non-hydrogen) atoms. The summed E-state index contributed by atoms with van der Waals surface area (Å²) in [5.41, 5.74) is 1.42. The highest BCUT2D eigenvalue weighted by atomic mass is 32.2. The Labute approximate surface area is 109 Å². The first-order chi connectivity index (χ1) is 8.43. The summed E-state index contributed by atoms with van der Waals surface area (Å²) in [5, 5.41) is 2.71. The maximum absolute atomic E-state index is 13.1. The Balaban J connectivity index is 2.37. The van der Waals surface area contributed by atoms with Crippen LogP contribution in [0.3, 0.4) is 0 Å². The van der Waals surface area contributed by atoms with Crippen molar-refractivity contribution in [2.75, 3.05) is 12.8 Å². The maximum atomic E-state index is 13.1. The van der Waals surface area contributed by atoms with Gasteiger partial charge in [-0.15, -0.1) is 11.8 Å². The van der Waals surface area contributed by atoms with Gasteiger partial charge >= 0.3 is 6.18 Å². The Morgan fingerprint density at radius 1 is 1.33 bits per heavy atom. The van der Waals surface area contributed by atoms with Crippen molar-refractivity contribution in [3.05, 3.63) is 29.3 Å². The smallest absolute Gasteiger partial charge is 0.316 e. The largest absolute Gasteiger partial charge is 0.397 e. The Morgan fingerprint density at radius 2 is 2.06 bits per heavy atom. The van der Waals surface area contributed by atoms with Crippen LogP contribution in [0.25, 0.3) is 0 Å². The highest BCUT2D eigenvalue weighted by Gasteiger charge is 2.43. The van der Waals surface area contributed by atoms with E-state index in [0.717, 1.165) is 22.6 Å². The lowest BCUT2D eigenvalue weighted by Crippen LogP contribution is -2.38. The number of likely N-dealkylation sites (N-methyl/N-ethyl adjacent to an activating group) is 1. The van der Waals surface area contributed by atoms with Crippen LogP contribution in [0.5, 0.6) is 0 Å². The van der Waals surface area contributed by atoms with Crippen LogP contribution in [-0.4, -0.2) is 25.0 Å². The molecule has 0 saturated carbocycles. The van der Waals surface area contributed by atoms with Gasteiger partial charge in [0.25, 0.3) is 0 Å². The number of halogens is 3. The van der Waals surface area contributed by atoms with Crippen LogP contribution < -0.4 is 5.32 Å². The molecular weight excluding hydrogens is 259 g/mol. The van der Waals surface area contributed by atoms with E-state index in [1.54, 1.807) is 37.9 Å². The van der Waals surface area contributed by atoms with E-state index in [1.165, 1.54) is 0 Å². The molecule has 0 bridgehead atoms. The van der Waals surface area contributed by atoms with Crippen molar-refractivity contribution in [1.82, 2.24) is 5.32 Å². The first-order valence-corrected chi connectivity index (χ1v) is 6.91. The van der Waals surface area contributed by atoms with Crippen molar-refractivity contribution in [3.63, 3.8) is 0 Å². The van der Waals surface area contributed by atoms with Crippen LogP contribution >= 0.6 is 11.8 Å². The van der Waals surface area contributed by atoms with Gasteiger partial charge in [0, 0.05) is 16.7 Å². The average Bonchev–Trinajstić information content (AvgIpc) is 2.74. The van der Waals surface area contributed by atoms with Gasteiger partial charge in [-0.2, -0.15) is 13.2 Å². The van der Waals surface area contributed by atoms with Gasteiger partial charge in [0.05, 0.1) is 5.92 Å². The minimum Gasteiger partial charge on any atom is -0.316 e. The van der Waals surface area contributed by atoms with Gasteiger partial charge in [-0.05, 0) is 37.6 Å². The second kappa shape index (κ2) is 5.13. The van der Waals surface area contributed by atoms with Crippen LogP contribution in [-0.2, 0) is 6.42 Å². The molecule has 1 aliphatic heterocycles. The molecule has 2 rings (SSSR count). The number of benzene rings is 1. The molecule has 1 heterocycles. The summed E-state index contributed by atoms with van der Waals surface area (Å²) in [4.78, 5) is 1.12. The molecule has 5 heteroatoms. The molecule has 0 spiro atoms. The minimum absolute atomic E-state index is 0.366. The molecule has 1 aromatic rings. The fourth-order valence-corrected chi connectivity index (χ4v) is 3.38. The van der Waals surface area contributed by atoms with E-state index in [-0.39, 0.29) is 0 Å². The van der Waals surface area contributed by atoms with E-state index in [1.807, 2.05) is 6.07 Å². The predicted molar refractivity (Wildman–Crippen MR) is 68.2 cm³/mol. The molecule has 0 aliphatic carbocycles. The van der Waals surface area contributed by atoms with Crippen LogP contribution in [0, 0.1) is 0 Å². The lowest BCUT2D eigenvalue weighted by molar-refractivity contribution is -0.155. The number of hydrogen-bond donors (Lipinski definition) is 1. The zero-order valence-electron chi connectivity index (χ0n) is 10.3. The van der Waals surface area contributed by atoms with Gasteiger partial charge in [0.1, 0.15) is 0 Å². The summed E-state index contributed by atoms with van der Waals surface area (Å²) < 4.78 is 39.4. The van der Waals surface area contributed by atoms with E-state index in [9.17, 15) is 13.2 Å². The normalized spacial score (nSPS) is 18.5. The summed E-state index contributed by atoms with van der Waals surface area (Å²) >= 11 is 1.71. The predicted octanol–water partition coefficient (Wildman–Crippen LogP) is 3.59. The number of aryl methyl sites for hydroxylation is 1. The third-order valence-corrected chi connectivity index (χ3v) is 4.50. The number of rotatable bonds is 3. The molecule has 0 amide bonds. The van der Waals surface area contributed by atoms with E-state index >= 15 is 0 Å². The van der Waals surface area contributed by atoms with Gasteiger partial charge in [-0.25, -0.2) is 0 Å². The third-order valence-electron chi connectivity index (χ3n) is 3.38. The summed E-state index contributed by atoms with van der Waals surface area (Å²) in [6, 6.07) is 4.53. The van der Waals surface area contributed by atoms with Crippen LogP contribution in [0.15, 0.2) is 23.1 Å². The summed E-state index contributed by atoms with van der Waals surface area (Å²) in [6.07, 6.45) is -3.35. The summed E-state index contributed by atoms with van der Waals surface area (Å²) in [5.74, 6) is -0.477. The zero-order valence-corrected chi connectivity index (χ0v) is 11.2.